The second-order valence-electron chi connectivity index (χ2n) is 8.53. The Morgan fingerprint density at radius 3 is 2.48 bits per heavy atom. The zero-order valence-corrected chi connectivity index (χ0v) is 17.8. The highest BCUT2D eigenvalue weighted by molar-refractivity contribution is 6.02. The van der Waals surface area contributed by atoms with Gasteiger partial charge in [0.05, 0.1) is 23.6 Å². The molecular formula is C23H29FN4O3. The second-order valence-corrected chi connectivity index (χ2v) is 8.53. The molecule has 4 rings (SSSR count). The molecule has 1 aromatic carbocycles. The minimum absolute atomic E-state index is 0.0200. The van der Waals surface area contributed by atoms with Crippen molar-refractivity contribution in [2.24, 2.45) is 11.8 Å². The van der Waals surface area contributed by atoms with Crippen LogP contribution in [0.25, 0.3) is 5.69 Å². The van der Waals surface area contributed by atoms with Gasteiger partial charge in [-0.05, 0) is 62.8 Å². The number of carbonyl (C=O) groups excluding carboxylic acids is 2. The van der Waals surface area contributed by atoms with Crippen molar-refractivity contribution in [2.75, 3.05) is 25.9 Å². The van der Waals surface area contributed by atoms with Crippen LogP contribution in [0, 0.1) is 17.7 Å². The number of piperidine rings is 1. The van der Waals surface area contributed by atoms with Crippen LogP contribution < -0.4 is 5.73 Å². The number of Topliss-reactive ketones (excluding diaryl/α,β-unsaturated/α-hetero) is 1. The van der Waals surface area contributed by atoms with Gasteiger partial charge in [-0.25, -0.2) is 9.07 Å². The van der Waals surface area contributed by atoms with Gasteiger partial charge in [-0.3, -0.25) is 9.59 Å². The predicted octanol–water partition coefficient (Wildman–Crippen LogP) is 3.22. The van der Waals surface area contributed by atoms with E-state index in [0.29, 0.717) is 24.3 Å². The van der Waals surface area contributed by atoms with Crippen molar-refractivity contribution < 1.29 is 18.7 Å². The Morgan fingerprint density at radius 2 is 1.81 bits per heavy atom. The number of methoxy groups -OCH3 is 1. The van der Waals surface area contributed by atoms with Gasteiger partial charge in [0.25, 0.3) is 0 Å². The maximum Gasteiger partial charge on any atom is 0.225 e. The number of benzene rings is 1. The Hall–Kier alpha value is -2.74. The fourth-order valence-electron chi connectivity index (χ4n) is 4.75. The molecule has 2 heterocycles. The van der Waals surface area contributed by atoms with Crippen LogP contribution in [0.4, 0.5) is 10.2 Å². The lowest BCUT2D eigenvalue weighted by Crippen LogP contribution is -2.45. The lowest BCUT2D eigenvalue weighted by atomic mass is 9.85. The van der Waals surface area contributed by atoms with E-state index in [9.17, 15) is 14.0 Å². The van der Waals surface area contributed by atoms with Gasteiger partial charge in [0, 0.05) is 32.0 Å². The third-order valence-corrected chi connectivity index (χ3v) is 6.60. The van der Waals surface area contributed by atoms with E-state index in [1.807, 2.05) is 4.90 Å². The summed E-state index contributed by atoms with van der Waals surface area (Å²) < 4.78 is 20.0. The van der Waals surface area contributed by atoms with Crippen molar-refractivity contribution in [3.8, 4) is 5.69 Å². The summed E-state index contributed by atoms with van der Waals surface area (Å²) in [5.41, 5.74) is 7.15. The minimum atomic E-state index is -0.353. The second kappa shape index (κ2) is 9.18. The van der Waals surface area contributed by atoms with Gasteiger partial charge in [-0.2, -0.15) is 5.10 Å². The van der Waals surface area contributed by atoms with Crippen LogP contribution in [-0.2, 0) is 9.53 Å². The molecule has 1 amide bonds. The van der Waals surface area contributed by atoms with E-state index in [2.05, 4.69) is 5.10 Å². The Bertz CT molecular complexity index is 935. The maximum atomic E-state index is 13.2. The van der Waals surface area contributed by atoms with E-state index in [0.717, 1.165) is 38.5 Å². The van der Waals surface area contributed by atoms with Crippen molar-refractivity contribution in [1.82, 2.24) is 14.7 Å². The average molecular weight is 429 g/mol. The maximum absolute atomic E-state index is 13.2. The summed E-state index contributed by atoms with van der Waals surface area (Å²) in [6, 6.07) is 5.77. The first kappa shape index (κ1) is 21.5. The highest BCUT2D eigenvalue weighted by atomic mass is 19.1. The molecule has 2 aromatic rings. The molecule has 166 valence electrons. The molecule has 0 radical (unpaired) electrons. The molecule has 2 N–H and O–H groups in total. The molecule has 1 aliphatic carbocycles. The molecule has 8 heteroatoms. The van der Waals surface area contributed by atoms with E-state index >= 15 is 0 Å². The topological polar surface area (TPSA) is 90.5 Å². The molecule has 2 fully saturated rings. The van der Waals surface area contributed by atoms with Crippen LogP contribution in [0.3, 0.4) is 0 Å². The van der Waals surface area contributed by atoms with Gasteiger partial charge in [0.15, 0.2) is 5.78 Å². The summed E-state index contributed by atoms with van der Waals surface area (Å²) in [5, 5.41) is 4.23. The van der Waals surface area contributed by atoms with Crippen LogP contribution in [0.2, 0.25) is 0 Å². The molecule has 31 heavy (non-hydrogen) atoms. The number of nitrogens with zero attached hydrogens (tertiary/aromatic N) is 3. The van der Waals surface area contributed by atoms with Crippen molar-refractivity contribution in [3.63, 3.8) is 0 Å². The number of likely N-dealkylation sites (tertiary alicyclic amines) is 1. The number of anilines is 1. The molecule has 0 bridgehead atoms. The molecule has 1 saturated carbocycles. The molecule has 1 saturated heterocycles. The molecule has 2 aliphatic rings. The van der Waals surface area contributed by atoms with Gasteiger partial charge in [0.2, 0.25) is 5.91 Å². The molecule has 1 aromatic heterocycles. The van der Waals surface area contributed by atoms with Crippen LogP contribution in [0.15, 0.2) is 30.5 Å². The lowest BCUT2D eigenvalue weighted by Gasteiger charge is -2.36. The molecule has 1 atom stereocenters. The molecule has 0 spiro atoms. The monoisotopic (exact) mass is 428 g/mol. The minimum Gasteiger partial charge on any atom is -0.383 e. The summed E-state index contributed by atoms with van der Waals surface area (Å²) in [5.74, 6) is -0.326. The van der Waals surface area contributed by atoms with Crippen molar-refractivity contribution in [1.29, 1.82) is 0 Å². The van der Waals surface area contributed by atoms with Crippen molar-refractivity contribution in [2.45, 2.75) is 44.6 Å². The third-order valence-electron chi connectivity index (χ3n) is 6.60. The number of ketones is 1. The molecule has 1 aliphatic heterocycles. The van der Waals surface area contributed by atoms with Crippen LogP contribution in [0.5, 0.6) is 0 Å². The Labute approximate surface area is 181 Å². The first-order valence-electron chi connectivity index (χ1n) is 10.9. The third kappa shape index (κ3) is 4.49. The van der Waals surface area contributed by atoms with Crippen LogP contribution in [-0.4, -0.2) is 52.7 Å². The largest absolute Gasteiger partial charge is 0.383 e. The van der Waals surface area contributed by atoms with Crippen LogP contribution in [0.1, 0.15) is 48.9 Å². The number of carbonyl (C=O) groups is 2. The first-order chi connectivity index (χ1) is 15.0. The Morgan fingerprint density at radius 1 is 1.10 bits per heavy atom. The number of hydrogen-bond acceptors (Lipinski definition) is 5. The van der Waals surface area contributed by atoms with Gasteiger partial charge < -0.3 is 15.4 Å². The number of nitrogens with two attached hydrogens (primary N) is 1. The number of hydrogen-bond donors (Lipinski definition) is 1. The SMILES string of the molecule is COC1CCC(C(=O)N2CCCC(C(=O)c3cnn(-c4ccc(F)cc4)c3N)C2)CC1. The smallest absolute Gasteiger partial charge is 0.225 e. The highest BCUT2D eigenvalue weighted by Gasteiger charge is 2.35. The van der Waals surface area contributed by atoms with E-state index in [4.69, 9.17) is 10.5 Å². The van der Waals surface area contributed by atoms with E-state index in [1.54, 1.807) is 19.2 Å². The van der Waals surface area contributed by atoms with Gasteiger partial charge in [0.1, 0.15) is 11.6 Å². The standard InChI is InChI=1S/C23H29FN4O3/c1-31-19-10-4-15(5-11-19)23(30)27-12-2-3-16(14-27)21(29)20-13-26-28(22(20)25)18-8-6-17(24)7-9-18/h6-9,13,15-16,19H,2-5,10-12,14,25H2,1H3. The van der Waals surface area contributed by atoms with Gasteiger partial charge >= 0.3 is 0 Å². The fourth-order valence-corrected chi connectivity index (χ4v) is 4.75. The zero-order valence-electron chi connectivity index (χ0n) is 17.8. The lowest BCUT2D eigenvalue weighted by molar-refractivity contribution is -0.138. The highest BCUT2D eigenvalue weighted by Crippen LogP contribution is 2.30. The quantitative estimate of drug-likeness (QED) is 0.739. The van der Waals surface area contributed by atoms with Gasteiger partial charge in [-0.15, -0.1) is 0 Å². The van der Waals surface area contributed by atoms with E-state index in [-0.39, 0.29) is 41.3 Å². The summed E-state index contributed by atoms with van der Waals surface area (Å²) in [6.45, 7) is 1.11. The Kier molecular flexibility index (Phi) is 6.36. The number of nitrogen functional groups attached to an aromatic ring is 1. The number of amides is 1. The van der Waals surface area contributed by atoms with Crippen LogP contribution >= 0.6 is 0 Å². The van der Waals surface area contributed by atoms with Gasteiger partial charge in [-0.1, -0.05) is 0 Å². The fraction of sp³-hybridized carbons (Fsp3) is 0.522. The number of rotatable bonds is 5. The normalized spacial score (nSPS) is 24.2. The summed E-state index contributed by atoms with van der Waals surface area (Å²) >= 11 is 0. The number of ether oxygens (including phenoxy) is 1. The predicted molar refractivity (Wildman–Crippen MR) is 114 cm³/mol. The first-order valence-corrected chi connectivity index (χ1v) is 10.9. The molecule has 1 unspecified atom stereocenters. The number of halogens is 1. The van der Waals surface area contributed by atoms with E-state index < -0.39 is 0 Å². The summed E-state index contributed by atoms with van der Waals surface area (Å²) in [6.07, 6.45) is 6.72. The summed E-state index contributed by atoms with van der Waals surface area (Å²) in [7, 11) is 1.72. The van der Waals surface area contributed by atoms with Crippen molar-refractivity contribution >= 4 is 17.5 Å². The average Bonchev–Trinajstić information content (AvgIpc) is 3.20. The van der Waals surface area contributed by atoms with Crippen molar-refractivity contribution in [3.05, 3.63) is 41.8 Å². The summed E-state index contributed by atoms with van der Waals surface area (Å²) in [4.78, 5) is 28.1. The number of aromatic nitrogens is 2. The molecule has 7 nitrogen and oxygen atoms in total. The molecular weight excluding hydrogens is 399 g/mol. The Balaban J connectivity index is 1.43. The zero-order chi connectivity index (χ0) is 22.0. The van der Waals surface area contributed by atoms with E-state index in [1.165, 1.54) is 23.0 Å².